The molecule has 0 aliphatic carbocycles. The lowest BCUT2D eigenvalue weighted by atomic mass is 9.99. The largest absolute Gasteiger partial charge is 0.324 e. The number of nitrogens with zero attached hydrogens (tertiary/aromatic N) is 6. The molecule has 4 aromatic rings. The third-order valence-corrected chi connectivity index (χ3v) is 8.48. The Bertz CT molecular complexity index is 1670. The molecule has 7 nitrogen and oxygen atoms in total. The van der Waals surface area contributed by atoms with Crippen molar-refractivity contribution in [2.75, 3.05) is 22.9 Å². The molecule has 4 heterocycles. The first-order chi connectivity index (χ1) is 20.0. The summed E-state index contributed by atoms with van der Waals surface area (Å²) in [4.78, 5) is 15.9. The van der Waals surface area contributed by atoms with Crippen LogP contribution in [0, 0.1) is 53.9 Å². The first-order valence-electron chi connectivity index (χ1n) is 14.8. The molecule has 2 aromatic heterocycles. The van der Waals surface area contributed by atoms with Gasteiger partial charge in [-0.2, -0.15) is 10.2 Å². The molecular weight excluding hydrogens is 520 g/mol. The predicted molar refractivity (Wildman–Crippen MR) is 172 cm³/mol. The summed E-state index contributed by atoms with van der Waals surface area (Å²) in [6.07, 6.45) is 10.7. The average molecular weight is 563 g/mol. The molecule has 0 bridgehead atoms. The van der Waals surface area contributed by atoms with E-state index in [-0.39, 0.29) is 0 Å². The first-order valence-corrected chi connectivity index (χ1v) is 14.8. The Balaban J connectivity index is 0.000000168. The topological polar surface area (TPSA) is 59.2 Å². The fourth-order valence-electron chi connectivity index (χ4n) is 7.02. The van der Waals surface area contributed by atoms with Crippen molar-refractivity contribution >= 4 is 29.3 Å². The Morgan fingerprint density at radius 2 is 1.14 bits per heavy atom. The molecule has 0 spiro atoms. The van der Waals surface area contributed by atoms with Crippen LogP contribution >= 0.6 is 0 Å². The van der Waals surface area contributed by atoms with E-state index in [0.717, 1.165) is 68.0 Å². The van der Waals surface area contributed by atoms with Gasteiger partial charge in [-0.1, -0.05) is 41.3 Å². The van der Waals surface area contributed by atoms with Crippen molar-refractivity contribution in [2.45, 2.75) is 67.2 Å². The fourth-order valence-corrected chi connectivity index (χ4v) is 7.02. The lowest BCUT2D eigenvalue weighted by Crippen LogP contribution is -2.26. The molecule has 0 radical (unpaired) electrons. The van der Waals surface area contributed by atoms with Gasteiger partial charge in [0, 0.05) is 49.7 Å². The van der Waals surface area contributed by atoms with Crippen molar-refractivity contribution in [3.05, 3.63) is 80.2 Å². The van der Waals surface area contributed by atoms with E-state index in [1.165, 1.54) is 50.3 Å². The third kappa shape index (κ3) is 5.11. The molecule has 0 saturated carbocycles. The number of hydrogen-bond acceptors (Lipinski definition) is 5. The van der Waals surface area contributed by atoms with E-state index in [1.54, 1.807) is 4.68 Å². The van der Waals surface area contributed by atoms with Gasteiger partial charge in [0.2, 0.25) is 0 Å². The van der Waals surface area contributed by atoms with Crippen LogP contribution in [0.2, 0.25) is 0 Å². The molecule has 0 fully saturated rings. The summed E-state index contributed by atoms with van der Waals surface area (Å²) in [5.74, 6) is 4.77. The van der Waals surface area contributed by atoms with Crippen molar-refractivity contribution in [2.24, 2.45) is 14.1 Å². The number of rotatable bonds is 3. The van der Waals surface area contributed by atoms with Crippen LogP contribution in [0.15, 0.2) is 24.3 Å². The van der Waals surface area contributed by atoms with E-state index in [4.69, 9.17) is 6.42 Å². The molecule has 0 atom stereocenters. The molecule has 2 aromatic carbocycles. The van der Waals surface area contributed by atoms with Gasteiger partial charge in [0.1, 0.15) is 11.4 Å². The highest BCUT2D eigenvalue weighted by molar-refractivity contribution is 5.81. The maximum atomic E-state index is 11.3. The van der Waals surface area contributed by atoms with Gasteiger partial charge in [0.15, 0.2) is 17.9 Å². The Kier molecular flexibility index (Phi) is 8.01. The number of terminal acetylenes is 1. The fraction of sp³-hybridized carbons (Fsp3) is 0.400. The summed E-state index contributed by atoms with van der Waals surface area (Å²) in [5.41, 5.74) is 14.1. The van der Waals surface area contributed by atoms with Crippen LogP contribution in [0.1, 0.15) is 73.5 Å². The molecule has 0 saturated heterocycles. The summed E-state index contributed by atoms with van der Waals surface area (Å²) in [7, 11) is 3.77. The second-order valence-electron chi connectivity index (χ2n) is 11.9. The van der Waals surface area contributed by atoms with Crippen molar-refractivity contribution < 1.29 is 4.79 Å². The molecule has 7 heteroatoms. The van der Waals surface area contributed by atoms with E-state index in [1.807, 2.05) is 18.8 Å². The lowest BCUT2D eigenvalue weighted by molar-refractivity contribution is 0.111. The summed E-state index contributed by atoms with van der Waals surface area (Å²) >= 11 is 0. The number of fused-ring (bicyclic) bond motifs is 2. The minimum absolute atomic E-state index is 0.706. The summed E-state index contributed by atoms with van der Waals surface area (Å²) < 4.78 is 3.54. The molecular formula is C35H42N6O. The van der Waals surface area contributed by atoms with E-state index < -0.39 is 0 Å². The highest BCUT2D eigenvalue weighted by Gasteiger charge is 2.28. The number of aldehydes is 1. The van der Waals surface area contributed by atoms with Gasteiger partial charge in [0.25, 0.3) is 0 Å². The minimum atomic E-state index is 0.706. The number of carbonyl (C=O) groups is 1. The Hall–Kier alpha value is -4.31. The van der Waals surface area contributed by atoms with Crippen LogP contribution < -0.4 is 9.80 Å². The van der Waals surface area contributed by atoms with Gasteiger partial charge < -0.3 is 9.80 Å². The second kappa shape index (κ2) is 11.5. The lowest BCUT2D eigenvalue weighted by Gasteiger charge is -2.30. The zero-order valence-electron chi connectivity index (χ0n) is 26.3. The highest BCUT2D eigenvalue weighted by Crippen LogP contribution is 2.39. The van der Waals surface area contributed by atoms with Crippen molar-refractivity contribution in [1.82, 2.24) is 19.6 Å². The predicted octanol–water partition coefficient (Wildman–Crippen LogP) is 6.65. The number of anilines is 4. The van der Waals surface area contributed by atoms with Gasteiger partial charge in [-0.3, -0.25) is 14.2 Å². The molecule has 0 amide bonds. The number of benzene rings is 2. The Labute approximate surface area is 250 Å². The summed E-state index contributed by atoms with van der Waals surface area (Å²) in [6.45, 7) is 14.9. The first kappa shape index (κ1) is 29.2. The minimum Gasteiger partial charge on any atom is -0.324 e. The van der Waals surface area contributed by atoms with Gasteiger partial charge in [-0.05, 0) is 89.5 Å². The quantitative estimate of drug-likeness (QED) is 0.207. The summed E-state index contributed by atoms with van der Waals surface area (Å²) in [5, 5.41) is 9.28. The van der Waals surface area contributed by atoms with Crippen molar-refractivity contribution in [3.63, 3.8) is 0 Å². The van der Waals surface area contributed by atoms with Crippen LogP contribution in [0.4, 0.5) is 23.0 Å². The zero-order valence-corrected chi connectivity index (χ0v) is 26.3. The molecule has 0 N–H and O–H groups in total. The van der Waals surface area contributed by atoms with E-state index in [2.05, 4.69) is 91.7 Å². The number of hydrogen-bond donors (Lipinski definition) is 0. The third-order valence-electron chi connectivity index (χ3n) is 8.48. The molecule has 218 valence electrons. The maximum absolute atomic E-state index is 11.3. The number of aromatic nitrogens is 4. The van der Waals surface area contributed by atoms with Crippen LogP contribution in [-0.2, 0) is 26.9 Å². The number of carbonyl (C=O) groups excluding carboxylic acids is 1. The monoisotopic (exact) mass is 562 g/mol. The Morgan fingerprint density at radius 3 is 1.60 bits per heavy atom. The number of aryl methyl sites for hydroxylation is 8. The van der Waals surface area contributed by atoms with Crippen LogP contribution in [0.3, 0.4) is 0 Å². The normalized spacial score (nSPS) is 14.1. The summed E-state index contributed by atoms with van der Waals surface area (Å²) in [6, 6.07) is 8.89. The molecule has 0 unspecified atom stereocenters. The highest BCUT2D eigenvalue weighted by atomic mass is 16.1. The molecule has 2 aliphatic heterocycles. The average Bonchev–Trinajstić information content (AvgIpc) is 3.43. The maximum Gasteiger partial charge on any atom is 0.168 e. The van der Waals surface area contributed by atoms with E-state index >= 15 is 0 Å². The van der Waals surface area contributed by atoms with Crippen LogP contribution in [0.5, 0.6) is 0 Å². The standard InChI is InChI=1S/C18H21N3.C17H21N3O/c1-6-16-15-8-7-9-21(18(15)19-20(16)5)17-13(3)10-12(2)11-14(17)4;1-11-8-12(2)16(13(3)9-11)20-7-5-6-14-15(10-21)19(4)18-17(14)20/h1,10-11H,7-9H2,2-5H3;8-10H,5-7H2,1-4H3. The van der Waals surface area contributed by atoms with Crippen LogP contribution in [0.25, 0.3) is 0 Å². The second-order valence-corrected chi connectivity index (χ2v) is 11.9. The molecule has 42 heavy (non-hydrogen) atoms. The molecule has 2 aliphatic rings. The SMILES string of the molecule is C#Cc1c2c(nn1C)N(c1c(C)cc(C)cc1C)CCC2.Cc1cc(C)c(N2CCCc3c2nn(C)c3C=O)c(C)c1. The van der Waals surface area contributed by atoms with E-state index in [0.29, 0.717) is 5.69 Å². The van der Waals surface area contributed by atoms with E-state index in [9.17, 15) is 4.79 Å². The van der Waals surface area contributed by atoms with Gasteiger partial charge in [0.05, 0.1) is 0 Å². The zero-order chi connectivity index (χ0) is 30.3. The van der Waals surface area contributed by atoms with Gasteiger partial charge in [-0.25, -0.2) is 0 Å². The van der Waals surface area contributed by atoms with Crippen molar-refractivity contribution in [1.29, 1.82) is 0 Å². The van der Waals surface area contributed by atoms with Crippen molar-refractivity contribution in [3.8, 4) is 12.3 Å². The van der Waals surface area contributed by atoms with Gasteiger partial charge in [-0.15, -0.1) is 6.42 Å². The Morgan fingerprint density at radius 1 is 0.714 bits per heavy atom. The van der Waals surface area contributed by atoms with Crippen LogP contribution in [-0.4, -0.2) is 38.9 Å². The smallest absolute Gasteiger partial charge is 0.168 e. The molecule has 6 rings (SSSR count). The van der Waals surface area contributed by atoms with Gasteiger partial charge >= 0.3 is 0 Å².